The minimum absolute atomic E-state index is 0.0305. The number of hydrogen-bond acceptors (Lipinski definition) is 8. The molecule has 17 heteroatoms. The SMILES string of the molecule is O=C(CCN1C(=O)C(=Cc2cc(-c3cc(C(F)(F)F)cc(C(F)(F)F)c3)ccc2OCCN2CCOCC2)SC1=S)NC1CCC(C(=O)O)CC1. The van der Waals surface area contributed by atoms with E-state index >= 15 is 0 Å². The Morgan fingerprint density at radius 1 is 0.961 bits per heavy atom. The van der Waals surface area contributed by atoms with Crippen molar-refractivity contribution in [2.24, 2.45) is 5.92 Å². The van der Waals surface area contributed by atoms with Crippen LogP contribution in [0, 0.1) is 5.92 Å². The molecule has 0 atom stereocenters. The van der Waals surface area contributed by atoms with Crippen molar-refractivity contribution in [3.05, 3.63) is 58.0 Å². The molecule has 1 saturated carbocycles. The van der Waals surface area contributed by atoms with Gasteiger partial charge in [0.1, 0.15) is 16.7 Å². The molecule has 9 nitrogen and oxygen atoms in total. The minimum atomic E-state index is -5.04. The predicted molar refractivity (Wildman–Crippen MR) is 181 cm³/mol. The maximum absolute atomic E-state index is 13.6. The zero-order chi connectivity index (χ0) is 36.9. The standard InChI is InChI=1S/C34H35F6N3O6S2/c35-33(36,37)24-16-22(17-25(19-24)34(38,39)40)21-3-6-27(49-14-11-42-9-12-48-13-10-42)23(15-21)18-28-30(45)43(32(50)51-28)8-7-29(44)41-26-4-1-20(2-5-26)31(46)47/h3,6,15-20,26H,1-2,4-5,7-14H2,(H,41,44)(H,46,47). The number of amides is 2. The lowest BCUT2D eigenvalue weighted by Crippen LogP contribution is -2.40. The van der Waals surface area contributed by atoms with E-state index in [9.17, 15) is 45.8 Å². The van der Waals surface area contributed by atoms with Crippen LogP contribution in [0.4, 0.5) is 26.3 Å². The number of morpholine rings is 1. The van der Waals surface area contributed by atoms with E-state index < -0.39 is 41.3 Å². The van der Waals surface area contributed by atoms with Gasteiger partial charge in [-0.3, -0.25) is 24.2 Å². The Hall–Kier alpha value is -3.67. The number of ether oxygens (including phenoxy) is 2. The van der Waals surface area contributed by atoms with Gasteiger partial charge in [-0.15, -0.1) is 0 Å². The highest BCUT2D eigenvalue weighted by atomic mass is 32.2. The van der Waals surface area contributed by atoms with E-state index in [0.717, 1.165) is 11.8 Å². The third kappa shape index (κ3) is 10.2. The van der Waals surface area contributed by atoms with Crippen LogP contribution in [0.3, 0.4) is 0 Å². The van der Waals surface area contributed by atoms with E-state index in [1.54, 1.807) is 0 Å². The summed E-state index contributed by atoms with van der Waals surface area (Å²) in [5.41, 5.74) is -2.99. The molecule has 0 bridgehead atoms. The van der Waals surface area contributed by atoms with E-state index in [2.05, 4.69) is 10.2 Å². The molecular weight excluding hydrogens is 725 g/mol. The monoisotopic (exact) mass is 759 g/mol. The highest BCUT2D eigenvalue weighted by Crippen LogP contribution is 2.40. The molecule has 5 rings (SSSR count). The molecule has 0 radical (unpaired) electrons. The van der Waals surface area contributed by atoms with E-state index in [1.807, 2.05) is 0 Å². The molecule has 2 aromatic rings. The Morgan fingerprint density at radius 3 is 2.22 bits per heavy atom. The fourth-order valence-electron chi connectivity index (χ4n) is 6.04. The molecule has 51 heavy (non-hydrogen) atoms. The first-order valence-corrected chi connectivity index (χ1v) is 17.5. The number of alkyl halides is 6. The first-order chi connectivity index (χ1) is 24.1. The fourth-order valence-corrected chi connectivity index (χ4v) is 7.33. The summed E-state index contributed by atoms with van der Waals surface area (Å²) in [5.74, 6) is -1.89. The van der Waals surface area contributed by atoms with Gasteiger partial charge in [0, 0.05) is 44.2 Å². The Kier molecular flexibility index (Phi) is 12.4. The molecule has 276 valence electrons. The van der Waals surface area contributed by atoms with Crippen molar-refractivity contribution in [3.63, 3.8) is 0 Å². The highest BCUT2D eigenvalue weighted by molar-refractivity contribution is 8.26. The van der Waals surface area contributed by atoms with E-state index in [0.29, 0.717) is 70.7 Å². The molecule has 3 aliphatic rings. The zero-order valence-electron chi connectivity index (χ0n) is 27.1. The molecular formula is C34H35F6N3O6S2. The van der Waals surface area contributed by atoms with Crippen LogP contribution in [0.5, 0.6) is 5.75 Å². The number of nitrogens with zero attached hydrogens (tertiary/aromatic N) is 2. The molecule has 2 aromatic carbocycles. The minimum Gasteiger partial charge on any atom is -0.492 e. The lowest BCUT2D eigenvalue weighted by atomic mass is 9.86. The van der Waals surface area contributed by atoms with Crippen molar-refractivity contribution in [2.75, 3.05) is 46.0 Å². The zero-order valence-corrected chi connectivity index (χ0v) is 28.8. The van der Waals surface area contributed by atoms with Gasteiger partial charge in [-0.2, -0.15) is 26.3 Å². The summed E-state index contributed by atoms with van der Waals surface area (Å²) < 4.78 is 93.4. The first-order valence-electron chi connectivity index (χ1n) is 16.2. The molecule has 2 saturated heterocycles. The number of nitrogens with one attached hydrogen (secondary N) is 1. The molecule has 3 fully saturated rings. The summed E-state index contributed by atoms with van der Waals surface area (Å²) in [6, 6.07) is 5.31. The van der Waals surface area contributed by atoms with Gasteiger partial charge in [0.2, 0.25) is 5.91 Å². The third-order valence-electron chi connectivity index (χ3n) is 8.86. The van der Waals surface area contributed by atoms with Crippen LogP contribution >= 0.6 is 24.0 Å². The smallest absolute Gasteiger partial charge is 0.416 e. The predicted octanol–water partition coefficient (Wildman–Crippen LogP) is 6.45. The van der Waals surface area contributed by atoms with Crippen LogP contribution in [-0.4, -0.2) is 89.1 Å². The summed E-state index contributed by atoms with van der Waals surface area (Å²) in [6.07, 6.45) is -6.75. The number of aliphatic carboxylic acids is 1. The largest absolute Gasteiger partial charge is 0.492 e. The Bertz CT molecular complexity index is 1640. The van der Waals surface area contributed by atoms with Crippen LogP contribution in [0.15, 0.2) is 41.3 Å². The summed E-state index contributed by atoms with van der Waals surface area (Å²) in [5, 5.41) is 12.1. The Balaban J connectivity index is 1.36. The number of thioether (sulfide) groups is 1. The van der Waals surface area contributed by atoms with Gasteiger partial charge < -0.3 is 19.9 Å². The van der Waals surface area contributed by atoms with Crippen molar-refractivity contribution in [2.45, 2.75) is 50.5 Å². The average molecular weight is 760 g/mol. The second-order valence-electron chi connectivity index (χ2n) is 12.4. The average Bonchev–Trinajstić information content (AvgIpc) is 3.34. The van der Waals surface area contributed by atoms with Crippen LogP contribution in [-0.2, 0) is 31.5 Å². The summed E-state index contributed by atoms with van der Waals surface area (Å²) in [7, 11) is 0. The van der Waals surface area contributed by atoms with E-state index in [4.69, 9.17) is 21.7 Å². The van der Waals surface area contributed by atoms with Gasteiger partial charge in [0.05, 0.1) is 35.2 Å². The fraction of sp³-hybridized carbons (Fsp3) is 0.471. The lowest BCUT2D eigenvalue weighted by Gasteiger charge is -2.27. The maximum atomic E-state index is 13.6. The van der Waals surface area contributed by atoms with Crippen molar-refractivity contribution in [1.82, 2.24) is 15.1 Å². The number of carboxylic acids is 1. The van der Waals surface area contributed by atoms with Crippen molar-refractivity contribution >= 4 is 52.2 Å². The van der Waals surface area contributed by atoms with E-state index in [1.165, 1.54) is 29.2 Å². The summed E-state index contributed by atoms with van der Waals surface area (Å²) in [4.78, 5) is 40.8. The third-order valence-corrected chi connectivity index (χ3v) is 10.2. The topological polar surface area (TPSA) is 108 Å². The van der Waals surface area contributed by atoms with Gasteiger partial charge in [-0.25, -0.2) is 0 Å². The first kappa shape index (κ1) is 38.6. The molecule has 0 spiro atoms. The van der Waals surface area contributed by atoms with Crippen LogP contribution in [0.2, 0.25) is 0 Å². The van der Waals surface area contributed by atoms with Gasteiger partial charge in [0.25, 0.3) is 5.91 Å². The lowest BCUT2D eigenvalue weighted by molar-refractivity contribution is -0.144. The molecule has 2 amide bonds. The number of rotatable bonds is 11. The maximum Gasteiger partial charge on any atom is 0.416 e. The summed E-state index contributed by atoms with van der Waals surface area (Å²) >= 11 is 6.36. The van der Waals surface area contributed by atoms with Crippen molar-refractivity contribution < 1.29 is 55.3 Å². The molecule has 2 heterocycles. The van der Waals surface area contributed by atoms with Gasteiger partial charge in [0.15, 0.2) is 0 Å². The number of benzene rings is 2. The molecule has 1 aliphatic carbocycles. The van der Waals surface area contributed by atoms with Crippen molar-refractivity contribution in [3.8, 4) is 16.9 Å². The molecule has 0 unspecified atom stereocenters. The van der Waals surface area contributed by atoms with Crippen LogP contribution in [0.25, 0.3) is 17.2 Å². The van der Waals surface area contributed by atoms with Gasteiger partial charge in [-0.1, -0.05) is 30.0 Å². The second kappa shape index (κ2) is 16.3. The normalized spacial score (nSPS) is 21.3. The van der Waals surface area contributed by atoms with E-state index in [-0.39, 0.29) is 69.3 Å². The number of carboxylic acid groups (broad SMARTS) is 1. The second-order valence-corrected chi connectivity index (χ2v) is 14.1. The number of halogens is 6. The number of thiocarbonyl (C=S) groups is 1. The van der Waals surface area contributed by atoms with Gasteiger partial charge >= 0.3 is 18.3 Å². The highest BCUT2D eigenvalue weighted by Gasteiger charge is 2.37. The number of hydrogen-bond donors (Lipinski definition) is 2. The Labute approximate surface area is 299 Å². The summed E-state index contributed by atoms with van der Waals surface area (Å²) in [6.45, 7) is 3.21. The van der Waals surface area contributed by atoms with Gasteiger partial charge in [-0.05, 0) is 73.2 Å². The van der Waals surface area contributed by atoms with Crippen molar-refractivity contribution in [1.29, 1.82) is 0 Å². The molecule has 2 aliphatic heterocycles. The number of carbonyl (C=O) groups excluding carboxylic acids is 2. The van der Waals surface area contributed by atoms with Crippen LogP contribution in [0.1, 0.15) is 48.8 Å². The molecule has 0 aromatic heterocycles. The Morgan fingerprint density at radius 2 is 1.61 bits per heavy atom. The molecule has 2 N–H and O–H groups in total. The quantitative estimate of drug-likeness (QED) is 0.152. The van der Waals surface area contributed by atoms with Crippen LogP contribution < -0.4 is 10.1 Å². The number of carbonyl (C=O) groups is 3.